The number of hydrogen-bond acceptors (Lipinski definition) is 3. The van der Waals surface area contributed by atoms with Crippen molar-refractivity contribution < 1.29 is 19.4 Å². The van der Waals surface area contributed by atoms with Gasteiger partial charge in [-0.2, -0.15) is 0 Å². The second-order valence-electron chi connectivity index (χ2n) is 4.72. The summed E-state index contributed by atoms with van der Waals surface area (Å²) >= 11 is 0. The first-order valence-electron chi connectivity index (χ1n) is 6.15. The minimum absolute atomic E-state index is 0.542. The van der Waals surface area contributed by atoms with Crippen LogP contribution in [0.15, 0.2) is 18.2 Å². The molecule has 0 bridgehead atoms. The molecule has 98 valence electrons. The number of carboxylic acid groups (broad SMARTS) is 1. The van der Waals surface area contributed by atoms with Crippen molar-refractivity contribution in [1.82, 2.24) is 0 Å². The van der Waals surface area contributed by atoms with E-state index in [4.69, 9.17) is 14.6 Å². The summed E-state index contributed by atoms with van der Waals surface area (Å²) in [6, 6.07) is 5.29. The van der Waals surface area contributed by atoms with E-state index in [2.05, 4.69) is 0 Å². The highest BCUT2D eigenvalue weighted by atomic mass is 16.5. The van der Waals surface area contributed by atoms with Crippen LogP contribution in [0.3, 0.4) is 0 Å². The average molecular weight is 250 g/mol. The Morgan fingerprint density at radius 1 is 1.44 bits per heavy atom. The van der Waals surface area contributed by atoms with E-state index in [1.165, 1.54) is 12.8 Å². The van der Waals surface area contributed by atoms with Crippen molar-refractivity contribution in [2.24, 2.45) is 5.92 Å². The van der Waals surface area contributed by atoms with Gasteiger partial charge in [-0.15, -0.1) is 0 Å². The van der Waals surface area contributed by atoms with Crippen LogP contribution in [0.25, 0.3) is 0 Å². The smallest absolute Gasteiger partial charge is 0.310 e. The Hall–Kier alpha value is -1.71. The molecule has 1 N–H and O–H groups in total. The zero-order valence-electron chi connectivity index (χ0n) is 10.7. The molecule has 1 aliphatic carbocycles. The van der Waals surface area contributed by atoms with Crippen molar-refractivity contribution >= 4 is 5.97 Å². The zero-order valence-corrected chi connectivity index (χ0v) is 10.7. The fourth-order valence-corrected chi connectivity index (χ4v) is 1.71. The lowest BCUT2D eigenvalue weighted by Gasteiger charge is -2.13. The lowest BCUT2D eigenvalue weighted by atomic mass is 10.0. The Morgan fingerprint density at radius 3 is 2.72 bits per heavy atom. The first kappa shape index (κ1) is 12.7. The number of carbonyl (C=O) groups is 1. The van der Waals surface area contributed by atoms with Gasteiger partial charge in [-0.1, -0.05) is 6.07 Å². The second kappa shape index (κ2) is 5.29. The number of carboxylic acids is 1. The largest absolute Gasteiger partial charge is 0.493 e. The number of hydrogen-bond donors (Lipinski definition) is 1. The summed E-state index contributed by atoms with van der Waals surface area (Å²) in [7, 11) is 1.58. The molecule has 1 aromatic rings. The van der Waals surface area contributed by atoms with Crippen molar-refractivity contribution in [2.45, 2.75) is 25.7 Å². The van der Waals surface area contributed by atoms with Gasteiger partial charge in [-0.3, -0.25) is 4.79 Å². The van der Waals surface area contributed by atoms with Crippen LogP contribution in [0.1, 0.15) is 31.2 Å². The first-order chi connectivity index (χ1) is 8.61. The summed E-state index contributed by atoms with van der Waals surface area (Å²) in [5, 5.41) is 9.01. The third kappa shape index (κ3) is 2.94. The maximum Gasteiger partial charge on any atom is 0.310 e. The Bertz CT molecular complexity index is 437. The van der Waals surface area contributed by atoms with Crippen LogP contribution < -0.4 is 9.47 Å². The summed E-state index contributed by atoms with van der Waals surface area (Å²) in [6.07, 6.45) is 2.43. The third-order valence-electron chi connectivity index (χ3n) is 3.23. The highest BCUT2D eigenvalue weighted by Crippen LogP contribution is 2.34. The fourth-order valence-electron chi connectivity index (χ4n) is 1.71. The summed E-state index contributed by atoms with van der Waals surface area (Å²) < 4.78 is 10.9. The molecule has 0 radical (unpaired) electrons. The van der Waals surface area contributed by atoms with E-state index in [1.54, 1.807) is 32.2 Å². The van der Waals surface area contributed by atoms with Crippen LogP contribution in [-0.4, -0.2) is 24.8 Å². The van der Waals surface area contributed by atoms with Gasteiger partial charge < -0.3 is 14.6 Å². The minimum atomic E-state index is -0.840. The molecule has 0 amide bonds. The summed E-state index contributed by atoms with van der Waals surface area (Å²) in [5.74, 6) is 0.551. The monoisotopic (exact) mass is 250 g/mol. The van der Waals surface area contributed by atoms with Gasteiger partial charge in [0, 0.05) is 0 Å². The number of ether oxygens (including phenoxy) is 2. The van der Waals surface area contributed by atoms with Gasteiger partial charge in [0.15, 0.2) is 11.5 Å². The van der Waals surface area contributed by atoms with Crippen molar-refractivity contribution in [2.75, 3.05) is 13.7 Å². The molecule has 1 saturated carbocycles. The summed E-state index contributed by atoms with van der Waals surface area (Å²) in [6.45, 7) is 2.34. The van der Waals surface area contributed by atoms with E-state index in [1.807, 2.05) is 0 Å². The van der Waals surface area contributed by atoms with Crippen LogP contribution in [0.2, 0.25) is 0 Å². The normalized spacial score (nSPS) is 16.1. The molecule has 0 heterocycles. The standard InChI is InChI=1S/C14H18O4/c1-9(14(15)16)11-5-6-12(17-2)13(7-11)18-8-10-3-4-10/h5-7,9-10H,3-4,8H2,1-2H3,(H,15,16). The Labute approximate surface area is 107 Å². The van der Waals surface area contributed by atoms with Crippen LogP contribution in [-0.2, 0) is 4.79 Å². The molecule has 0 aliphatic heterocycles. The first-order valence-corrected chi connectivity index (χ1v) is 6.15. The number of rotatable bonds is 6. The molecule has 1 aromatic carbocycles. The number of aliphatic carboxylic acids is 1. The molecule has 18 heavy (non-hydrogen) atoms. The fraction of sp³-hybridized carbons (Fsp3) is 0.500. The topological polar surface area (TPSA) is 55.8 Å². The number of methoxy groups -OCH3 is 1. The van der Waals surface area contributed by atoms with Crippen LogP contribution >= 0.6 is 0 Å². The molecule has 0 aromatic heterocycles. The molecule has 0 saturated heterocycles. The maximum atomic E-state index is 11.0. The van der Waals surface area contributed by atoms with E-state index in [-0.39, 0.29) is 0 Å². The Balaban J connectivity index is 2.17. The SMILES string of the molecule is COc1ccc(C(C)C(=O)O)cc1OCC1CC1. The van der Waals surface area contributed by atoms with E-state index >= 15 is 0 Å². The molecule has 0 spiro atoms. The van der Waals surface area contributed by atoms with E-state index in [0.717, 1.165) is 5.56 Å². The molecule has 4 heteroatoms. The maximum absolute atomic E-state index is 11.0. The van der Waals surface area contributed by atoms with Crippen LogP contribution in [0, 0.1) is 5.92 Å². The molecular formula is C14H18O4. The van der Waals surface area contributed by atoms with Gasteiger partial charge >= 0.3 is 5.97 Å². The molecule has 4 nitrogen and oxygen atoms in total. The molecule has 2 rings (SSSR count). The lowest BCUT2D eigenvalue weighted by Crippen LogP contribution is -2.08. The van der Waals surface area contributed by atoms with E-state index in [9.17, 15) is 4.79 Å². The number of benzene rings is 1. The minimum Gasteiger partial charge on any atom is -0.493 e. The van der Waals surface area contributed by atoms with Crippen molar-refractivity contribution in [1.29, 1.82) is 0 Å². The highest BCUT2D eigenvalue weighted by molar-refractivity contribution is 5.75. The summed E-state index contributed by atoms with van der Waals surface area (Å²) in [5.41, 5.74) is 0.731. The van der Waals surface area contributed by atoms with E-state index < -0.39 is 11.9 Å². The van der Waals surface area contributed by atoms with Gasteiger partial charge in [0.1, 0.15) is 0 Å². The predicted molar refractivity (Wildman–Crippen MR) is 67.3 cm³/mol. The Morgan fingerprint density at radius 2 is 2.17 bits per heavy atom. The molecule has 1 aliphatic rings. The Kier molecular flexibility index (Phi) is 3.75. The third-order valence-corrected chi connectivity index (χ3v) is 3.23. The molecule has 1 atom stereocenters. The van der Waals surface area contributed by atoms with Gasteiger partial charge in [0.25, 0.3) is 0 Å². The second-order valence-corrected chi connectivity index (χ2v) is 4.72. The van der Waals surface area contributed by atoms with Crippen LogP contribution in [0.5, 0.6) is 11.5 Å². The van der Waals surface area contributed by atoms with E-state index in [0.29, 0.717) is 24.0 Å². The van der Waals surface area contributed by atoms with Gasteiger partial charge in [0.2, 0.25) is 0 Å². The quantitative estimate of drug-likeness (QED) is 0.843. The molecule has 1 unspecified atom stereocenters. The van der Waals surface area contributed by atoms with Crippen molar-refractivity contribution in [3.05, 3.63) is 23.8 Å². The molecule has 1 fully saturated rings. The van der Waals surface area contributed by atoms with Gasteiger partial charge in [-0.25, -0.2) is 0 Å². The molecular weight excluding hydrogens is 232 g/mol. The summed E-state index contributed by atoms with van der Waals surface area (Å²) in [4.78, 5) is 11.0. The van der Waals surface area contributed by atoms with Gasteiger partial charge in [0.05, 0.1) is 19.6 Å². The zero-order chi connectivity index (χ0) is 13.1. The van der Waals surface area contributed by atoms with Gasteiger partial charge in [-0.05, 0) is 43.4 Å². The highest BCUT2D eigenvalue weighted by Gasteiger charge is 2.23. The van der Waals surface area contributed by atoms with Crippen molar-refractivity contribution in [3.8, 4) is 11.5 Å². The average Bonchev–Trinajstić information content (AvgIpc) is 3.19. The van der Waals surface area contributed by atoms with Crippen LogP contribution in [0.4, 0.5) is 0 Å². The lowest BCUT2D eigenvalue weighted by molar-refractivity contribution is -0.138. The van der Waals surface area contributed by atoms with Crippen molar-refractivity contribution in [3.63, 3.8) is 0 Å². The predicted octanol–water partition coefficient (Wildman–Crippen LogP) is 2.67.